The van der Waals surface area contributed by atoms with Gasteiger partial charge in [0.15, 0.2) is 0 Å². The van der Waals surface area contributed by atoms with Gasteiger partial charge in [-0.25, -0.2) is 0 Å². The molecule has 0 amide bonds. The smallest absolute Gasteiger partial charge is 0.413 e. The Morgan fingerprint density at radius 1 is 0.706 bits per heavy atom. The van der Waals surface area contributed by atoms with E-state index in [2.05, 4.69) is 0 Å². The minimum atomic E-state index is -5.11. The van der Waals surface area contributed by atoms with E-state index in [0.29, 0.717) is 22.4 Å². The topological polar surface area (TPSA) is 12.5 Å². The maximum absolute atomic E-state index is 14.2. The quantitative estimate of drug-likeness (QED) is 0.334. The van der Waals surface area contributed by atoms with Crippen LogP contribution in [0.2, 0.25) is 0 Å². The first kappa shape index (κ1) is 24.2. The van der Waals surface area contributed by atoms with Gasteiger partial charge in [0.2, 0.25) is 0 Å². The molecule has 0 saturated heterocycles. The van der Waals surface area contributed by atoms with Crippen molar-refractivity contribution in [3.8, 4) is 5.75 Å². The molecule has 2 aliphatic rings. The number of benzene rings is 2. The monoisotopic (exact) mass is 481 g/mol. The van der Waals surface area contributed by atoms with Crippen LogP contribution >= 0.6 is 0 Å². The molecule has 0 fully saturated rings. The van der Waals surface area contributed by atoms with Gasteiger partial charge in [-0.3, -0.25) is 0 Å². The lowest BCUT2D eigenvalue weighted by atomic mass is 9.74. The second-order valence-corrected chi connectivity index (χ2v) is 9.51. The number of nitrogens with zero attached hydrogens (tertiary/aromatic N) is 1. The van der Waals surface area contributed by atoms with Gasteiger partial charge in [-0.05, 0) is 52.0 Å². The molecule has 2 aromatic carbocycles. The van der Waals surface area contributed by atoms with Crippen LogP contribution in [0.3, 0.4) is 0 Å². The summed E-state index contributed by atoms with van der Waals surface area (Å²) in [6.45, 7) is 3.00. The van der Waals surface area contributed by atoms with Crippen LogP contribution in [0.4, 0.5) is 32.0 Å². The summed E-state index contributed by atoms with van der Waals surface area (Å²) >= 11 is 0. The first-order valence-corrected chi connectivity index (χ1v) is 10.7. The molecule has 0 radical (unpaired) electrons. The molecule has 4 rings (SSSR count). The largest absolute Gasteiger partial charge is 0.497 e. The Bertz CT molecular complexity index is 1150. The highest BCUT2D eigenvalue weighted by atomic mass is 19.4. The standard InChI is InChI=1S/C26H25F6NO/c1-24(2)20-18(14-6-10-16(11-7-14)33(3)4)19(15-8-12-17(34-5)13-9-15)21(24)23(26(30,31)32)22(20)25(27,28)29/h6-13,20-21H,1-5H3. The average Bonchev–Trinajstić information content (AvgIpc) is 3.13. The summed E-state index contributed by atoms with van der Waals surface area (Å²) in [7, 11) is 5.13. The van der Waals surface area contributed by atoms with E-state index in [0.717, 1.165) is 5.69 Å². The van der Waals surface area contributed by atoms with E-state index in [9.17, 15) is 26.3 Å². The lowest BCUT2D eigenvalue weighted by molar-refractivity contribution is -0.117. The fourth-order valence-electron chi connectivity index (χ4n) is 5.55. The molecule has 0 N–H and O–H groups in total. The highest BCUT2D eigenvalue weighted by Crippen LogP contribution is 2.71. The second kappa shape index (κ2) is 7.82. The summed E-state index contributed by atoms with van der Waals surface area (Å²) in [6.07, 6.45) is -10.2. The number of halogens is 6. The second-order valence-electron chi connectivity index (χ2n) is 9.51. The van der Waals surface area contributed by atoms with Gasteiger partial charge < -0.3 is 9.64 Å². The van der Waals surface area contributed by atoms with E-state index in [-0.39, 0.29) is 5.57 Å². The normalized spacial score (nSPS) is 22.0. The third kappa shape index (κ3) is 3.67. The molecule has 8 heteroatoms. The lowest BCUT2D eigenvalue weighted by Crippen LogP contribution is -2.27. The maximum Gasteiger partial charge on any atom is 0.413 e. The van der Waals surface area contributed by atoms with Gasteiger partial charge >= 0.3 is 12.4 Å². The van der Waals surface area contributed by atoms with Crippen molar-refractivity contribution in [1.82, 2.24) is 0 Å². The van der Waals surface area contributed by atoms with Crippen LogP contribution in [-0.2, 0) is 0 Å². The molecule has 2 bridgehead atoms. The van der Waals surface area contributed by atoms with E-state index in [1.165, 1.54) is 21.0 Å². The van der Waals surface area contributed by atoms with Crippen LogP contribution in [0.15, 0.2) is 59.7 Å². The molecular weight excluding hydrogens is 456 g/mol. The first-order valence-electron chi connectivity index (χ1n) is 10.7. The molecule has 0 spiro atoms. The molecule has 0 aliphatic heterocycles. The highest BCUT2D eigenvalue weighted by molar-refractivity contribution is 6.01. The van der Waals surface area contributed by atoms with Crippen molar-refractivity contribution in [2.24, 2.45) is 17.3 Å². The van der Waals surface area contributed by atoms with Crippen molar-refractivity contribution < 1.29 is 31.1 Å². The number of ether oxygens (including phenoxy) is 1. The number of alkyl halides is 6. The Kier molecular flexibility index (Phi) is 5.57. The van der Waals surface area contributed by atoms with Crippen LogP contribution in [0.1, 0.15) is 25.0 Å². The maximum atomic E-state index is 14.2. The Morgan fingerprint density at radius 3 is 1.41 bits per heavy atom. The Labute approximate surface area is 194 Å². The predicted molar refractivity (Wildman–Crippen MR) is 120 cm³/mol. The number of fused-ring (bicyclic) bond motifs is 2. The van der Waals surface area contributed by atoms with Crippen LogP contribution in [0.25, 0.3) is 11.1 Å². The van der Waals surface area contributed by atoms with Crippen LogP contribution in [-0.4, -0.2) is 33.6 Å². The summed E-state index contributed by atoms with van der Waals surface area (Å²) in [5, 5.41) is 0. The van der Waals surface area contributed by atoms with Crippen LogP contribution in [0, 0.1) is 17.3 Å². The molecule has 2 aliphatic carbocycles. The Hall–Kier alpha value is -2.90. The van der Waals surface area contributed by atoms with E-state index < -0.39 is 40.7 Å². The molecule has 0 aromatic heterocycles. The molecule has 182 valence electrons. The number of methoxy groups -OCH3 is 1. The van der Waals surface area contributed by atoms with E-state index in [1.54, 1.807) is 48.5 Å². The van der Waals surface area contributed by atoms with Crippen molar-refractivity contribution in [1.29, 1.82) is 0 Å². The molecule has 0 heterocycles. The van der Waals surface area contributed by atoms with Crippen molar-refractivity contribution >= 4 is 16.8 Å². The Morgan fingerprint density at radius 2 is 1.09 bits per heavy atom. The summed E-state index contributed by atoms with van der Waals surface area (Å²) in [4.78, 5) is 1.84. The van der Waals surface area contributed by atoms with Gasteiger partial charge in [0, 0.05) is 42.8 Å². The summed E-state index contributed by atoms with van der Waals surface area (Å²) in [5.74, 6) is -2.39. The van der Waals surface area contributed by atoms with Gasteiger partial charge in [0.1, 0.15) is 5.75 Å². The molecule has 2 aromatic rings. The molecule has 2 atom stereocenters. The molecule has 2 unspecified atom stereocenters. The number of hydrogen-bond donors (Lipinski definition) is 0. The van der Waals surface area contributed by atoms with Crippen molar-refractivity contribution in [3.63, 3.8) is 0 Å². The third-order valence-electron chi connectivity index (χ3n) is 6.93. The molecule has 0 saturated carbocycles. The summed E-state index contributed by atoms with van der Waals surface area (Å²) in [5.41, 5.74) is -1.91. The zero-order valence-corrected chi connectivity index (χ0v) is 19.4. The average molecular weight is 481 g/mol. The van der Waals surface area contributed by atoms with Crippen molar-refractivity contribution in [3.05, 3.63) is 70.8 Å². The van der Waals surface area contributed by atoms with E-state index in [4.69, 9.17) is 4.74 Å². The predicted octanol–water partition coefficient (Wildman–Crippen LogP) is 7.38. The minimum absolute atomic E-state index is 0.288. The van der Waals surface area contributed by atoms with Crippen LogP contribution < -0.4 is 9.64 Å². The number of allylic oxidation sites excluding steroid dienone is 4. The van der Waals surface area contributed by atoms with Gasteiger partial charge in [-0.15, -0.1) is 0 Å². The fraction of sp³-hybridized carbons (Fsp3) is 0.385. The summed E-state index contributed by atoms with van der Waals surface area (Å²) < 4.78 is 90.5. The Balaban J connectivity index is 2.03. The van der Waals surface area contributed by atoms with Gasteiger partial charge in [0.25, 0.3) is 0 Å². The zero-order valence-electron chi connectivity index (χ0n) is 19.4. The van der Waals surface area contributed by atoms with Crippen molar-refractivity contribution in [2.75, 3.05) is 26.1 Å². The van der Waals surface area contributed by atoms with Gasteiger partial charge in [-0.2, -0.15) is 26.3 Å². The number of hydrogen-bond acceptors (Lipinski definition) is 2. The lowest BCUT2D eigenvalue weighted by Gasteiger charge is -2.29. The number of anilines is 1. The zero-order chi connectivity index (χ0) is 25.2. The van der Waals surface area contributed by atoms with Gasteiger partial charge in [0.05, 0.1) is 7.11 Å². The fourth-order valence-corrected chi connectivity index (χ4v) is 5.55. The highest BCUT2D eigenvalue weighted by Gasteiger charge is 2.67. The minimum Gasteiger partial charge on any atom is -0.497 e. The SMILES string of the molecule is COc1ccc(C2=C(c3ccc(N(C)C)cc3)C3C(C(F)(F)F)=C(C(F)(F)F)C2C3(C)C)cc1. The van der Waals surface area contributed by atoms with Crippen LogP contribution in [0.5, 0.6) is 5.75 Å². The number of rotatable bonds is 4. The third-order valence-corrected chi connectivity index (χ3v) is 6.93. The van der Waals surface area contributed by atoms with Crippen molar-refractivity contribution in [2.45, 2.75) is 26.2 Å². The molecular formula is C26H25F6NO. The van der Waals surface area contributed by atoms with E-state index >= 15 is 0 Å². The van der Waals surface area contributed by atoms with E-state index in [1.807, 2.05) is 19.0 Å². The molecule has 2 nitrogen and oxygen atoms in total. The summed E-state index contributed by atoms with van der Waals surface area (Å²) in [6, 6.07) is 13.3. The molecule has 34 heavy (non-hydrogen) atoms. The van der Waals surface area contributed by atoms with Gasteiger partial charge in [-0.1, -0.05) is 38.1 Å². The first-order chi connectivity index (χ1) is 15.7.